The number of piperidine rings is 1. The number of rotatable bonds is 4. The third kappa shape index (κ3) is 4.60. The summed E-state index contributed by atoms with van der Waals surface area (Å²) < 4.78 is 0. The third-order valence-electron chi connectivity index (χ3n) is 5.31. The highest BCUT2D eigenvalue weighted by Crippen LogP contribution is 2.24. The Labute approximate surface area is 175 Å². The summed E-state index contributed by atoms with van der Waals surface area (Å²) in [6, 6.07) is 19.1. The molecule has 0 saturated carbocycles. The number of hydrogen-bond donors (Lipinski definition) is 1. The highest BCUT2D eigenvalue weighted by Gasteiger charge is 2.21. The number of amides is 2. The summed E-state index contributed by atoms with van der Waals surface area (Å²) in [7, 11) is 0. The first-order valence-corrected chi connectivity index (χ1v) is 10.3. The standard InChI is InChI=1S/C24H23ClN2O2/c25-20-10-11-21(24(29)27-12-4-1-5-13-27)22(16-20)26-23(28)15-17-8-9-18-6-2-3-7-19(18)14-17/h2-3,6-11,14,16H,1,4-5,12-13,15H2,(H,26,28). The highest BCUT2D eigenvalue weighted by atomic mass is 35.5. The van der Waals surface area contributed by atoms with Crippen LogP contribution in [0.4, 0.5) is 5.69 Å². The van der Waals surface area contributed by atoms with E-state index in [0.29, 0.717) is 16.3 Å². The second-order valence-corrected chi connectivity index (χ2v) is 7.89. The topological polar surface area (TPSA) is 49.4 Å². The predicted molar refractivity (Wildman–Crippen MR) is 117 cm³/mol. The lowest BCUT2D eigenvalue weighted by molar-refractivity contribution is -0.115. The molecule has 148 valence electrons. The van der Waals surface area contributed by atoms with Crippen LogP contribution in [0.5, 0.6) is 0 Å². The van der Waals surface area contributed by atoms with Crippen LogP contribution in [0, 0.1) is 0 Å². The number of likely N-dealkylation sites (tertiary alicyclic amines) is 1. The molecule has 0 radical (unpaired) electrons. The van der Waals surface area contributed by atoms with Gasteiger partial charge in [-0.1, -0.05) is 54.1 Å². The molecule has 1 fully saturated rings. The van der Waals surface area contributed by atoms with Gasteiger partial charge in [-0.05, 0) is 53.8 Å². The van der Waals surface area contributed by atoms with Crippen molar-refractivity contribution in [2.75, 3.05) is 18.4 Å². The smallest absolute Gasteiger partial charge is 0.255 e. The maximum absolute atomic E-state index is 12.9. The molecule has 0 atom stereocenters. The molecule has 2 amide bonds. The molecule has 0 unspecified atom stereocenters. The van der Waals surface area contributed by atoms with Crippen molar-refractivity contribution >= 4 is 39.9 Å². The first kappa shape index (κ1) is 19.5. The largest absolute Gasteiger partial charge is 0.339 e. The van der Waals surface area contributed by atoms with Crippen molar-refractivity contribution in [2.24, 2.45) is 0 Å². The van der Waals surface area contributed by atoms with E-state index in [-0.39, 0.29) is 18.2 Å². The Bertz CT molecular complexity index is 1060. The van der Waals surface area contributed by atoms with E-state index in [4.69, 9.17) is 11.6 Å². The van der Waals surface area contributed by atoms with Crippen molar-refractivity contribution in [3.63, 3.8) is 0 Å². The summed E-state index contributed by atoms with van der Waals surface area (Å²) in [6.45, 7) is 1.51. The van der Waals surface area contributed by atoms with Crippen LogP contribution < -0.4 is 5.32 Å². The van der Waals surface area contributed by atoms with Crippen LogP contribution in [0.25, 0.3) is 10.8 Å². The van der Waals surface area contributed by atoms with Crippen LogP contribution in [0.3, 0.4) is 0 Å². The highest BCUT2D eigenvalue weighted by molar-refractivity contribution is 6.31. The molecule has 4 nitrogen and oxygen atoms in total. The molecule has 0 spiro atoms. The van der Waals surface area contributed by atoms with Gasteiger partial charge < -0.3 is 10.2 Å². The Morgan fingerprint density at radius 3 is 2.45 bits per heavy atom. The number of carbonyl (C=O) groups excluding carboxylic acids is 2. The van der Waals surface area contributed by atoms with Crippen molar-refractivity contribution in [2.45, 2.75) is 25.7 Å². The number of anilines is 1. The van der Waals surface area contributed by atoms with E-state index >= 15 is 0 Å². The van der Waals surface area contributed by atoms with Crippen molar-refractivity contribution in [3.8, 4) is 0 Å². The first-order valence-electron chi connectivity index (χ1n) is 9.96. The van der Waals surface area contributed by atoms with E-state index in [0.717, 1.165) is 48.7 Å². The Morgan fingerprint density at radius 2 is 1.66 bits per heavy atom. The second kappa shape index (κ2) is 8.66. The van der Waals surface area contributed by atoms with Gasteiger partial charge in [-0.15, -0.1) is 0 Å². The Morgan fingerprint density at radius 1 is 0.897 bits per heavy atom. The number of halogens is 1. The third-order valence-corrected chi connectivity index (χ3v) is 5.54. The van der Waals surface area contributed by atoms with Crippen LogP contribution in [0.2, 0.25) is 5.02 Å². The van der Waals surface area contributed by atoms with Gasteiger partial charge in [0.15, 0.2) is 0 Å². The molecule has 0 aliphatic carbocycles. The van der Waals surface area contributed by atoms with Gasteiger partial charge in [0.2, 0.25) is 5.91 Å². The normalized spacial score (nSPS) is 14.0. The van der Waals surface area contributed by atoms with E-state index in [9.17, 15) is 9.59 Å². The maximum Gasteiger partial charge on any atom is 0.255 e. The molecular formula is C24H23ClN2O2. The summed E-state index contributed by atoms with van der Waals surface area (Å²) in [5.74, 6) is -0.224. The monoisotopic (exact) mass is 406 g/mol. The molecule has 3 aromatic carbocycles. The number of carbonyl (C=O) groups is 2. The van der Waals surface area contributed by atoms with Crippen LogP contribution in [0.15, 0.2) is 60.7 Å². The summed E-state index contributed by atoms with van der Waals surface area (Å²) in [5.41, 5.74) is 1.88. The SMILES string of the molecule is O=C(Cc1ccc2ccccc2c1)Nc1cc(Cl)ccc1C(=O)N1CCCCC1. The predicted octanol–water partition coefficient (Wildman–Crippen LogP) is 5.30. The first-order chi connectivity index (χ1) is 14.1. The van der Waals surface area contributed by atoms with E-state index in [2.05, 4.69) is 5.32 Å². The Balaban J connectivity index is 1.52. The lowest BCUT2D eigenvalue weighted by Gasteiger charge is -2.27. The van der Waals surface area contributed by atoms with Gasteiger partial charge in [0.1, 0.15) is 0 Å². The van der Waals surface area contributed by atoms with Gasteiger partial charge in [0, 0.05) is 18.1 Å². The van der Waals surface area contributed by atoms with Crippen molar-refractivity contribution in [1.82, 2.24) is 4.90 Å². The fraction of sp³-hybridized carbons (Fsp3) is 0.250. The molecule has 0 aromatic heterocycles. The molecule has 1 heterocycles. The van der Waals surface area contributed by atoms with Gasteiger partial charge >= 0.3 is 0 Å². The number of fused-ring (bicyclic) bond motifs is 1. The van der Waals surface area contributed by atoms with Gasteiger partial charge in [-0.3, -0.25) is 9.59 Å². The quantitative estimate of drug-likeness (QED) is 0.639. The average Bonchev–Trinajstić information content (AvgIpc) is 2.74. The molecule has 0 bridgehead atoms. The van der Waals surface area contributed by atoms with Crippen molar-refractivity contribution in [1.29, 1.82) is 0 Å². The van der Waals surface area contributed by atoms with Crippen LogP contribution >= 0.6 is 11.6 Å². The zero-order valence-electron chi connectivity index (χ0n) is 16.2. The van der Waals surface area contributed by atoms with Gasteiger partial charge in [-0.25, -0.2) is 0 Å². The summed E-state index contributed by atoms with van der Waals surface area (Å²) in [6.07, 6.45) is 3.42. The molecule has 5 heteroatoms. The van der Waals surface area contributed by atoms with Crippen molar-refractivity contribution < 1.29 is 9.59 Å². The summed E-state index contributed by atoms with van der Waals surface area (Å²) >= 11 is 6.14. The van der Waals surface area contributed by atoms with Gasteiger partial charge in [-0.2, -0.15) is 0 Å². The molecule has 1 aliphatic rings. The molecule has 29 heavy (non-hydrogen) atoms. The Hall–Kier alpha value is -2.85. The van der Waals surface area contributed by atoms with E-state index in [1.165, 1.54) is 0 Å². The average molecular weight is 407 g/mol. The summed E-state index contributed by atoms with van der Waals surface area (Å²) in [5, 5.41) is 5.62. The fourth-order valence-electron chi connectivity index (χ4n) is 3.80. The van der Waals surface area contributed by atoms with E-state index in [1.54, 1.807) is 18.2 Å². The molecule has 1 aliphatic heterocycles. The van der Waals surface area contributed by atoms with E-state index < -0.39 is 0 Å². The molecule has 3 aromatic rings. The lowest BCUT2D eigenvalue weighted by atomic mass is 10.0. The van der Waals surface area contributed by atoms with Crippen LogP contribution in [0.1, 0.15) is 35.2 Å². The van der Waals surface area contributed by atoms with Crippen molar-refractivity contribution in [3.05, 3.63) is 76.8 Å². The molecule has 1 N–H and O–H groups in total. The van der Waals surface area contributed by atoms with Crippen LogP contribution in [-0.4, -0.2) is 29.8 Å². The number of nitrogens with zero attached hydrogens (tertiary/aromatic N) is 1. The zero-order valence-corrected chi connectivity index (χ0v) is 16.9. The number of nitrogens with one attached hydrogen (secondary N) is 1. The Kier molecular flexibility index (Phi) is 5.81. The molecule has 4 rings (SSSR count). The minimum atomic E-state index is -0.171. The number of hydrogen-bond acceptors (Lipinski definition) is 2. The minimum Gasteiger partial charge on any atom is -0.339 e. The number of benzene rings is 3. The van der Waals surface area contributed by atoms with Gasteiger partial charge in [0.05, 0.1) is 17.7 Å². The molecular weight excluding hydrogens is 384 g/mol. The van der Waals surface area contributed by atoms with Crippen LogP contribution in [-0.2, 0) is 11.2 Å². The van der Waals surface area contributed by atoms with Gasteiger partial charge in [0.25, 0.3) is 5.91 Å². The zero-order chi connectivity index (χ0) is 20.2. The molecule has 1 saturated heterocycles. The second-order valence-electron chi connectivity index (χ2n) is 7.45. The van der Waals surface area contributed by atoms with E-state index in [1.807, 2.05) is 47.4 Å². The maximum atomic E-state index is 12.9. The minimum absolute atomic E-state index is 0.0534. The lowest BCUT2D eigenvalue weighted by Crippen LogP contribution is -2.36. The summed E-state index contributed by atoms with van der Waals surface area (Å²) in [4.78, 5) is 27.5. The fourth-order valence-corrected chi connectivity index (χ4v) is 3.97.